The molecule has 8 aliphatic rings. The highest BCUT2D eigenvalue weighted by Gasteiger charge is 2.88. The molecule has 0 radical (unpaired) electrons. The van der Waals surface area contributed by atoms with Crippen molar-refractivity contribution in [3.8, 4) is 0 Å². The van der Waals surface area contributed by atoms with E-state index < -0.39 is 12.4 Å². The van der Waals surface area contributed by atoms with E-state index in [-0.39, 0.29) is 80.7 Å². The van der Waals surface area contributed by atoms with E-state index in [0.717, 1.165) is 58.0 Å². The fourth-order valence-electron chi connectivity index (χ4n) is 15.4. The third-order valence-corrected chi connectivity index (χ3v) is 18.4. The highest BCUT2D eigenvalue weighted by molar-refractivity contribution is 5.76. The number of nitrogens with two attached hydrogens (primary N) is 1. The van der Waals surface area contributed by atoms with Crippen molar-refractivity contribution in [1.82, 2.24) is 9.80 Å². The fraction of sp³-hybridized carbons (Fsp3) is 0.955. The molecule has 2 amide bonds. The van der Waals surface area contributed by atoms with E-state index in [1.54, 1.807) is 4.90 Å². The molecule has 8 rings (SSSR count). The lowest BCUT2D eigenvalue weighted by Crippen LogP contribution is -2.66. The third-order valence-electron chi connectivity index (χ3n) is 18.4. The maximum Gasteiger partial charge on any atom is 0.410 e. The molecular formula is C44H73N3O7. The Morgan fingerprint density at radius 2 is 1.72 bits per heavy atom. The molecule has 3 saturated heterocycles. The van der Waals surface area contributed by atoms with Crippen LogP contribution in [0.2, 0.25) is 0 Å². The fourth-order valence-corrected chi connectivity index (χ4v) is 15.4. The number of hydrogen-bond acceptors (Lipinski definition) is 8. The first-order valence-electron chi connectivity index (χ1n) is 22.0. The van der Waals surface area contributed by atoms with Crippen LogP contribution < -0.4 is 5.73 Å². The van der Waals surface area contributed by atoms with Gasteiger partial charge in [0.25, 0.3) is 0 Å². The molecule has 54 heavy (non-hydrogen) atoms. The summed E-state index contributed by atoms with van der Waals surface area (Å²) in [7, 11) is 0. The van der Waals surface area contributed by atoms with Crippen molar-refractivity contribution in [1.29, 1.82) is 0 Å². The largest absolute Gasteiger partial charge is 0.443 e. The van der Waals surface area contributed by atoms with Crippen LogP contribution in [0.3, 0.4) is 0 Å². The van der Waals surface area contributed by atoms with Crippen molar-refractivity contribution in [3.63, 3.8) is 0 Å². The van der Waals surface area contributed by atoms with E-state index in [9.17, 15) is 14.7 Å². The van der Waals surface area contributed by atoms with E-state index in [2.05, 4.69) is 62.3 Å². The van der Waals surface area contributed by atoms with Gasteiger partial charge in [-0.25, -0.2) is 4.79 Å². The van der Waals surface area contributed by atoms with Gasteiger partial charge in [0, 0.05) is 31.5 Å². The Kier molecular flexibility index (Phi) is 9.69. The molecule has 5 aliphatic carbocycles. The van der Waals surface area contributed by atoms with Gasteiger partial charge in [-0.3, -0.25) is 4.79 Å². The van der Waals surface area contributed by atoms with Gasteiger partial charge in [-0.1, -0.05) is 62.3 Å². The lowest BCUT2D eigenvalue weighted by molar-refractivity contribution is -0.269. The van der Waals surface area contributed by atoms with Crippen LogP contribution in [0.1, 0.15) is 127 Å². The zero-order valence-electron chi connectivity index (χ0n) is 35.0. The Bertz CT molecular complexity index is 1470. The summed E-state index contributed by atoms with van der Waals surface area (Å²) in [5.41, 5.74) is 6.70. The maximum atomic E-state index is 13.0. The summed E-state index contributed by atoms with van der Waals surface area (Å²) in [5, 5.41) is 12.8. The molecule has 306 valence electrons. The van der Waals surface area contributed by atoms with Crippen LogP contribution in [0, 0.1) is 62.1 Å². The zero-order chi connectivity index (χ0) is 38.8. The maximum absolute atomic E-state index is 13.0. The van der Waals surface area contributed by atoms with E-state index in [0.29, 0.717) is 50.4 Å². The summed E-state index contributed by atoms with van der Waals surface area (Å²) in [5.74, 6) is 1.62. The summed E-state index contributed by atoms with van der Waals surface area (Å²) >= 11 is 0. The molecule has 10 heteroatoms. The molecule has 2 spiro atoms. The van der Waals surface area contributed by atoms with Gasteiger partial charge in [0.15, 0.2) is 6.29 Å². The number of ether oxygens (including phenoxy) is 4. The first-order valence-corrected chi connectivity index (χ1v) is 22.0. The summed E-state index contributed by atoms with van der Waals surface area (Å²) in [6.45, 7) is 24.3. The third kappa shape index (κ3) is 5.19. The molecular weight excluding hydrogens is 682 g/mol. The van der Waals surface area contributed by atoms with Crippen molar-refractivity contribution in [3.05, 3.63) is 0 Å². The summed E-state index contributed by atoms with van der Waals surface area (Å²) in [6, 6.07) is 0. The van der Waals surface area contributed by atoms with Gasteiger partial charge < -0.3 is 39.6 Å². The normalized spacial score (nSPS) is 48.2. The Morgan fingerprint density at radius 3 is 2.37 bits per heavy atom. The molecule has 5 saturated carbocycles. The van der Waals surface area contributed by atoms with Crippen LogP contribution in [0.5, 0.6) is 0 Å². The van der Waals surface area contributed by atoms with Gasteiger partial charge in [0.05, 0.1) is 37.6 Å². The zero-order valence-corrected chi connectivity index (χ0v) is 35.0. The van der Waals surface area contributed by atoms with Crippen LogP contribution in [-0.2, 0) is 23.7 Å². The second-order valence-corrected chi connectivity index (χ2v) is 21.4. The first kappa shape index (κ1) is 39.4. The van der Waals surface area contributed by atoms with Gasteiger partial charge >= 0.3 is 6.09 Å². The van der Waals surface area contributed by atoms with Gasteiger partial charge in [-0.05, 0) is 121 Å². The predicted octanol–water partition coefficient (Wildman–Crippen LogP) is 6.61. The molecule has 3 aliphatic heterocycles. The average Bonchev–Trinajstić information content (AvgIpc) is 3.72. The number of amides is 2. The Morgan fingerprint density at radius 1 is 0.981 bits per heavy atom. The van der Waals surface area contributed by atoms with Crippen LogP contribution in [0.4, 0.5) is 4.79 Å². The van der Waals surface area contributed by atoms with Crippen LogP contribution in [0.25, 0.3) is 0 Å². The van der Waals surface area contributed by atoms with E-state index in [4.69, 9.17) is 24.7 Å². The van der Waals surface area contributed by atoms with E-state index in [1.807, 2.05) is 4.90 Å². The van der Waals surface area contributed by atoms with Crippen molar-refractivity contribution < 1.29 is 33.6 Å². The molecule has 14 unspecified atom stereocenters. The Hall–Kier alpha value is -1.46. The topological polar surface area (TPSA) is 124 Å². The van der Waals surface area contributed by atoms with Gasteiger partial charge in [-0.15, -0.1) is 0 Å². The lowest BCUT2D eigenvalue weighted by Gasteiger charge is -2.68. The number of carbonyl (C=O) groups excluding carboxylic acids is 2. The number of fused-ring (bicyclic) bond motifs is 4. The summed E-state index contributed by atoms with van der Waals surface area (Å²) < 4.78 is 26.4. The second-order valence-electron chi connectivity index (χ2n) is 21.4. The molecule has 3 N–H and O–H groups in total. The molecule has 0 aromatic heterocycles. The van der Waals surface area contributed by atoms with E-state index >= 15 is 0 Å². The van der Waals surface area contributed by atoms with Crippen LogP contribution in [-0.4, -0.2) is 103 Å². The first-order chi connectivity index (χ1) is 25.4. The van der Waals surface area contributed by atoms with Crippen molar-refractivity contribution >= 4 is 12.0 Å². The highest BCUT2D eigenvalue weighted by Crippen LogP contribution is 2.92. The summed E-state index contributed by atoms with van der Waals surface area (Å²) in [4.78, 5) is 29.7. The van der Waals surface area contributed by atoms with Gasteiger partial charge in [-0.2, -0.15) is 0 Å². The minimum atomic E-state index is -0.584. The summed E-state index contributed by atoms with van der Waals surface area (Å²) in [6.07, 6.45) is 7.94. The number of rotatable bonds is 8. The number of morpholine rings is 1. The van der Waals surface area contributed by atoms with E-state index in [1.165, 1.54) is 12.8 Å². The van der Waals surface area contributed by atoms with Crippen LogP contribution >= 0.6 is 0 Å². The quantitative estimate of drug-likeness (QED) is 0.284. The average molecular weight is 756 g/mol. The molecule has 0 aromatic rings. The van der Waals surface area contributed by atoms with Crippen molar-refractivity contribution in [2.24, 2.45) is 67.8 Å². The van der Waals surface area contributed by atoms with Gasteiger partial charge in [0.1, 0.15) is 6.10 Å². The monoisotopic (exact) mass is 756 g/mol. The standard InChI is InChI=1S/C44H73N3O7/c1-26(2)21-32(48)47-19-20-51-33(23-47)53-31-12-14-43-24-42(43)16-15-40(8)34-28(5)22-29(35(27(3)4)54-38(50)46-17-10-18-46)52-36(34)37(49)41(40,9)30(42)11-13-44(43,25-45)39(31,6)7/h26-31,33-37,49H,10-25,45H2,1-9H3. The molecule has 3 heterocycles. The smallest absolute Gasteiger partial charge is 0.410 e. The SMILES string of the molecule is CC(C)CC(=O)N1CCOC(OC2CCC34CC35CCC3(C)C6C(C)CC(C(OC(=O)N7CCC7)C(C)C)OC6C(O)C3(C)C5CCC4(CN)C2(C)C)C1. The molecule has 0 bridgehead atoms. The minimum Gasteiger partial charge on any atom is -0.443 e. The highest BCUT2D eigenvalue weighted by atomic mass is 16.7. The number of aliphatic hydroxyl groups excluding tert-OH is 1. The van der Waals surface area contributed by atoms with Gasteiger partial charge in [0.2, 0.25) is 5.91 Å². The molecule has 14 atom stereocenters. The Labute approximate surface area is 325 Å². The molecule has 8 fully saturated rings. The number of carbonyl (C=O) groups is 2. The minimum absolute atomic E-state index is 0.00862. The van der Waals surface area contributed by atoms with Crippen molar-refractivity contribution in [2.75, 3.05) is 39.3 Å². The number of likely N-dealkylation sites (tertiary alicyclic amines) is 1. The number of hydrogen-bond donors (Lipinski definition) is 2. The number of nitrogens with zero attached hydrogens (tertiary/aromatic N) is 2. The Balaban J connectivity index is 1.03. The number of aliphatic hydroxyl groups is 1. The second kappa shape index (κ2) is 13.3. The molecule has 10 nitrogen and oxygen atoms in total. The van der Waals surface area contributed by atoms with Crippen molar-refractivity contribution in [2.45, 2.75) is 163 Å². The van der Waals surface area contributed by atoms with Crippen LogP contribution in [0.15, 0.2) is 0 Å². The molecule has 0 aromatic carbocycles. The predicted molar refractivity (Wildman–Crippen MR) is 206 cm³/mol. The lowest BCUT2D eigenvalue weighted by atomic mass is 9.37.